The van der Waals surface area contributed by atoms with Crippen molar-refractivity contribution in [1.82, 2.24) is 0 Å². The Hall–Kier alpha value is -0.228. The van der Waals surface area contributed by atoms with E-state index in [9.17, 15) is 0 Å². The van der Waals surface area contributed by atoms with Gasteiger partial charge in [-0.2, -0.15) is 25.7 Å². The molecule has 0 saturated carbocycles. The molecule has 0 aliphatic carbocycles. The van der Waals surface area contributed by atoms with Crippen molar-refractivity contribution in [2.45, 2.75) is 0 Å². The molecule has 0 atom stereocenters. The summed E-state index contributed by atoms with van der Waals surface area (Å²) in [7, 11) is 0. The summed E-state index contributed by atoms with van der Waals surface area (Å²) in [5.41, 5.74) is 0. The summed E-state index contributed by atoms with van der Waals surface area (Å²) in [5, 5.41) is 0. The molecule has 0 aliphatic heterocycles. The first-order valence-electron chi connectivity index (χ1n) is 2.31. The Labute approximate surface area is 86.7 Å². The average Bonchev–Trinajstić information content (AvgIpc) is 1.95. The van der Waals surface area contributed by atoms with Gasteiger partial charge in [-0.05, 0) is 0 Å². The number of hydrogen-bond donors (Lipinski definition) is 0. The van der Waals surface area contributed by atoms with Crippen molar-refractivity contribution in [3.05, 3.63) is 0 Å². The largest absolute Gasteiger partial charge is 1.00 e. The van der Waals surface area contributed by atoms with E-state index in [2.05, 4.69) is 19.1 Å². The standard InChI is InChI=1S/4C2H.Al.Na/c4*1-2;;/h4*1H;;/q;;;;-1;+1. The zero-order valence-corrected chi connectivity index (χ0v) is 9.04. The van der Waals surface area contributed by atoms with Gasteiger partial charge in [-0.15, -0.1) is 0 Å². The maximum Gasteiger partial charge on any atom is 1.00 e. The molecule has 0 unspecified atom stereocenters. The van der Waals surface area contributed by atoms with Crippen molar-refractivity contribution in [1.29, 1.82) is 0 Å². The van der Waals surface area contributed by atoms with Crippen LogP contribution in [0.1, 0.15) is 0 Å². The molecule has 0 aromatic heterocycles. The Kier molecular flexibility index (Phi) is 6.91. The minimum Gasteiger partial charge on any atom is -0.315 e. The normalized spacial score (nSPS) is 6.80. The first-order chi connectivity index (χ1) is 4.24. The van der Waals surface area contributed by atoms with Crippen LogP contribution in [0.3, 0.4) is 0 Å². The molecule has 0 heterocycles. The third-order valence-electron chi connectivity index (χ3n) is 1.00. The second-order valence-corrected chi connectivity index (χ2v) is 4.60. The van der Waals surface area contributed by atoms with Crippen molar-refractivity contribution in [3.63, 3.8) is 0 Å². The number of hydrogen-bond acceptors (Lipinski definition) is 0. The summed E-state index contributed by atoms with van der Waals surface area (Å²) in [6, 6.07) is 0. The van der Waals surface area contributed by atoms with Crippen LogP contribution >= 0.6 is 0 Å². The molecule has 0 bridgehead atoms. The molecule has 0 fully saturated rings. The summed E-state index contributed by atoms with van der Waals surface area (Å²) in [6.45, 7) is 0. The predicted octanol–water partition coefficient (Wildman–Crippen LogP) is -2.87. The summed E-state index contributed by atoms with van der Waals surface area (Å²) < 4.78 is 0. The van der Waals surface area contributed by atoms with Crippen LogP contribution < -0.4 is 29.6 Å². The van der Waals surface area contributed by atoms with Gasteiger partial charge in [0.15, 0.2) is 0 Å². The van der Waals surface area contributed by atoms with Crippen LogP contribution in [-0.4, -0.2) is 13.1 Å². The molecular weight excluding hydrogens is 146 g/mol. The SMILES string of the molecule is C#[C][Al-]([C]#C)([C]#C)[C]#C.[Na+]. The fraction of sp³-hybridized carbons (Fsp3) is 0. The van der Waals surface area contributed by atoms with E-state index in [0.29, 0.717) is 0 Å². The zero-order chi connectivity index (χ0) is 7.33. The Morgan fingerprint density at radius 3 is 0.900 bits per heavy atom. The van der Waals surface area contributed by atoms with Crippen LogP contribution in [0.2, 0.25) is 0 Å². The topological polar surface area (TPSA) is 0 Å². The second kappa shape index (κ2) is 5.55. The van der Waals surface area contributed by atoms with E-state index in [-0.39, 0.29) is 29.6 Å². The molecule has 0 nitrogen and oxygen atoms in total. The molecule has 10 heavy (non-hydrogen) atoms. The Balaban J connectivity index is 0. The molecular formula is C8H4AlNa. The molecule has 0 rings (SSSR count). The summed E-state index contributed by atoms with van der Waals surface area (Å²) in [5.74, 6) is 0. The van der Waals surface area contributed by atoms with E-state index in [4.69, 9.17) is 25.7 Å². The van der Waals surface area contributed by atoms with Gasteiger partial charge in [0.2, 0.25) is 0 Å². The Morgan fingerprint density at radius 2 is 0.900 bits per heavy atom. The van der Waals surface area contributed by atoms with Gasteiger partial charge in [-0.25, -0.2) is 0 Å². The van der Waals surface area contributed by atoms with E-state index in [1.165, 1.54) is 0 Å². The molecule has 0 N–H and O–H groups in total. The molecule has 0 aromatic carbocycles. The van der Waals surface area contributed by atoms with Crippen LogP contribution in [0.5, 0.6) is 0 Å². The molecule has 0 radical (unpaired) electrons. The van der Waals surface area contributed by atoms with Gasteiger partial charge in [0.25, 0.3) is 0 Å². The minimum absolute atomic E-state index is 0. The second-order valence-electron chi connectivity index (χ2n) is 1.53. The molecule has 2 heteroatoms. The molecule has 0 amide bonds. The van der Waals surface area contributed by atoms with Gasteiger partial charge in [-0.1, -0.05) is 0 Å². The molecule has 40 valence electrons. The van der Waals surface area contributed by atoms with Crippen molar-refractivity contribution in [2.24, 2.45) is 0 Å². The fourth-order valence-electron chi connectivity index (χ4n) is 0.289. The van der Waals surface area contributed by atoms with E-state index < -0.39 is 13.1 Å². The van der Waals surface area contributed by atoms with Gasteiger partial charge in [0, 0.05) is 0 Å². The van der Waals surface area contributed by atoms with Crippen LogP contribution in [0, 0.1) is 44.8 Å². The number of terminal acetylenes is 4. The van der Waals surface area contributed by atoms with Crippen LogP contribution in [0.4, 0.5) is 0 Å². The average molecular weight is 150 g/mol. The summed E-state index contributed by atoms with van der Waals surface area (Å²) in [6.07, 6.45) is 20.1. The molecule has 0 aromatic rings. The maximum absolute atomic E-state index is 5.04. The van der Waals surface area contributed by atoms with E-state index in [1.807, 2.05) is 0 Å². The summed E-state index contributed by atoms with van der Waals surface area (Å²) >= 11 is -2.85. The van der Waals surface area contributed by atoms with Gasteiger partial charge in [-0.3, -0.25) is 0 Å². The fourth-order valence-corrected chi connectivity index (χ4v) is 0.866. The van der Waals surface area contributed by atoms with Crippen molar-refractivity contribution < 1.29 is 29.6 Å². The van der Waals surface area contributed by atoms with Gasteiger partial charge < -0.3 is 19.1 Å². The van der Waals surface area contributed by atoms with E-state index in [0.717, 1.165) is 0 Å². The summed E-state index contributed by atoms with van der Waals surface area (Å²) in [4.78, 5) is 9.29. The quantitative estimate of drug-likeness (QED) is 0.257. The molecule has 0 aliphatic rings. The van der Waals surface area contributed by atoms with Crippen molar-refractivity contribution >= 4 is 13.1 Å². The third kappa shape index (κ3) is 2.57. The predicted molar refractivity (Wildman–Crippen MR) is 41.1 cm³/mol. The number of rotatable bonds is 0. The van der Waals surface area contributed by atoms with Gasteiger partial charge in [0.05, 0.1) is 0 Å². The van der Waals surface area contributed by atoms with Gasteiger partial charge >= 0.3 is 42.6 Å². The molecule has 0 saturated heterocycles. The Morgan fingerprint density at radius 1 is 0.700 bits per heavy atom. The smallest absolute Gasteiger partial charge is 0.315 e. The maximum atomic E-state index is 5.04. The zero-order valence-electron chi connectivity index (χ0n) is 5.89. The van der Waals surface area contributed by atoms with Gasteiger partial charge in [0.1, 0.15) is 0 Å². The van der Waals surface area contributed by atoms with Crippen molar-refractivity contribution in [3.8, 4) is 44.8 Å². The van der Waals surface area contributed by atoms with E-state index in [1.54, 1.807) is 0 Å². The van der Waals surface area contributed by atoms with Crippen LogP contribution in [0.15, 0.2) is 0 Å². The minimum atomic E-state index is -2.85. The van der Waals surface area contributed by atoms with Crippen LogP contribution in [0.25, 0.3) is 0 Å². The third-order valence-corrected chi connectivity index (χ3v) is 3.00. The Bertz CT molecular complexity index is 202. The van der Waals surface area contributed by atoms with Crippen molar-refractivity contribution in [2.75, 3.05) is 0 Å². The van der Waals surface area contributed by atoms with Crippen LogP contribution in [-0.2, 0) is 0 Å². The first-order valence-corrected chi connectivity index (χ1v) is 4.62. The first kappa shape index (κ1) is 12.4. The monoisotopic (exact) mass is 150 g/mol. The molecule has 0 spiro atoms. The van der Waals surface area contributed by atoms with E-state index >= 15 is 0 Å².